The molecule has 0 aliphatic carbocycles. The van der Waals surface area contributed by atoms with E-state index in [1.165, 1.54) is 37.7 Å². The largest absolute Gasteiger partial charge is 0.497 e. The summed E-state index contributed by atoms with van der Waals surface area (Å²) in [6.45, 7) is 0.449. The first-order valence-electron chi connectivity index (χ1n) is 8.30. The Kier molecular flexibility index (Phi) is 6.03. The van der Waals surface area contributed by atoms with Crippen molar-refractivity contribution in [2.24, 2.45) is 0 Å². The summed E-state index contributed by atoms with van der Waals surface area (Å²) in [7, 11) is 3.08. The number of amides is 1. The number of halogens is 1. The van der Waals surface area contributed by atoms with Gasteiger partial charge >= 0.3 is 0 Å². The number of hydrogen-bond donors (Lipinski definition) is 1. The number of carbonyl (C=O) groups is 1. The first kappa shape index (κ1) is 18.8. The van der Waals surface area contributed by atoms with Crippen molar-refractivity contribution in [2.45, 2.75) is 6.42 Å². The number of benzene rings is 2. The molecule has 0 fully saturated rings. The summed E-state index contributed by atoms with van der Waals surface area (Å²) in [6, 6.07) is 11.3. The average molecular weight is 386 g/mol. The maximum Gasteiger partial charge on any atom is 0.251 e. The van der Waals surface area contributed by atoms with Crippen molar-refractivity contribution < 1.29 is 18.7 Å². The van der Waals surface area contributed by atoms with Crippen LogP contribution < -0.4 is 14.8 Å². The molecule has 0 bridgehead atoms. The van der Waals surface area contributed by atoms with Crippen molar-refractivity contribution in [1.29, 1.82) is 0 Å². The zero-order valence-electron chi connectivity index (χ0n) is 15.0. The van der Waals surface area contributed by atoms with E-state index < -0.39 is 0 Å². The highest BCUT2D eigenvalue weighted by Crippen LogP contribution is 2.24. The number of methoxy groups -OCH3 is 2. The lowest BCUT2D eigenvalue weighted by Gasteiger charge is -2.09. The van der Waals surface area contributed by atoms with Gasteiger partial charge in [-0.3, -0.25) is 4.79 Å². The van der Waals surface area contributed by atoms with Gasteiger partial charge in [0.1, 0.15) is 22.3 Å². The third-order valence-electron chi connectivity index (χ3n) is 3.92. The van der Waals surface area contributed by atoms with Gasteiger partial charge in [0.2, 0.25) is 0 Å². The van der Waals surface area contributed by atoms with Gasteiger partial charge in [0.15, 0.2) is 0 Å². The van der Waals surface area contributed by atoms with Crippen LogP contribution >= 0.6 is 11.3 Å². The van der Waals surface area contributed by atoms with E-state index in [-0.39, 0.29) is 11.7 Å². The number of thiazole rings is 1. The number of hydrogen-bond acceptors (Lipinski definition) is 5. The lowest BCUT2D eigenvalue weighted by atomic mass is 10.2. The van der Waals surface area contributed by atoms with Crippen LogP contribution in [0.15, 0.2) is 47.8 Å². The van der Waals surface area contributed by atoms with Gasteiger partial charge in [0.25, 0.3) is 5.91 Å². The monoisotopic (exact) mass is 386 g/mol. The fraction of sp³-hybridized carbons (Fsp3) is 0.200. The predicted octanol–water partition coefficient (Wildman–Crippen LogP) is 3.94. The van der Waals surface area contributed by atoms with Crippen LogP contribution in [-0.4, -0.2) is 31.7 Å². The zero-order valence-corrected chi connectivity index (χ0v) is 15.8. The van der Waals surface area contributed by atoms with Crippen molar-refractivity contribution in [1.82, 2.24) is 10.3 Å². The first-order valence-corrected chi connectivity index (χ1v) is 9.18. The van der Waals surface area contributed by atoms with Crippen molar-refractivity contribution in [3.8, 4) is 22.1 Å². The van der Waals surface area contributed by atoms with Gasteiger partial charge < -0.3 is 14.8 Å². The molecule has 1 aromatic heterocycles. The van der Waals surface area contributed by atoms with E-state index in [1.807, 2.05) is 5.38 Å². The average Bonchev–Trinajstić information content (AvgIpc) is 3.16. The molecular weight excluding hydrogens is 367 g/mol. The van der Waals surface area contributed by atoms with Gasteiger partial charge in [-0.25, -0.2) is 9.37 Å². The number of rotatable bonds is 7. The Hall–Kier alpha value is -2.93. The highest BCUT2D eigenvalue weighted by atomic mass is 32.1. The number of ether oxygens (including phenoxy) is 2. The third kappa shape index (κ3) is 4.83. The molecule has 5 nitrogen and oxygen atoms in total. The standard InChI is InChI=1S/C20H19FN2O3S/c1-25-17-9-14(10-18(11-17)26-2)19(24)22-8-7-16-12-27-20(23-16)13-3-5-15(21)6-4-13/h3-6,9-12H,7-8H2,1-2H3,(H,22,24). The maximum atomic E-state index is 13.0. The van der Waals surface area contributed by atoms with E-state index in [4.69, 9.17) is 9.47 Å². The molecule has 0 unspecified atom stereocenters. The molecule has 2 aromatic carbocycles. The number of nitrogens with zero attached hydrogens (tertiary/aromatic N) is 1. The molecule has 0 radical (unpaired) electrons. The van der Waals surface area contributed by atoms with Crippen LogP contribution in [0.4, 0.5) is 4.39 Å². The van der Waals surface area contributed by atoms with Crippen LogP contribution in [0.3, 0.4) is 0 Å². The zero-order chi connectivity index (χ0) is 19.2. The highest BCUT2D eigenvalue weighted by Gasteiger charge is 2.10. The maximum absolute atomic E-state index is 13.0. The minimum absolute atomic E-state index is 0.207. The molecular formula is C20H19FN2O3S. The van der Waals surface area contributed by atoms with E-state index in [0.717, 1.165) is 16.3 Å². The van der Waals surface area contributed by atoms with Crippen LogP contribution in [0, 0.1) is 5.82 Å². The summed E-state index contributed by atoms with van der Waals surface area (Å²) in [5, 5.41) is 5.64. The summed E-state index contributed by atoms with van der Waals surface area (Å²) < 4.78 is 23.4. The molecule has 0 aliphatic heterocycles. The van der Waals surface area contributed by atoms with E-state index >= 15 is 0 Å². The Labute approximate surface area is 160 Å². The minimum Gasteiger partial charge on any atom is -0.497 e. The molecule has 1 amide bonds. The van der Waals surface area contributed by atoms with Crippen molar-refractivity contribution in [3.63, 3.8) is 0 Å². The van der Waals surface area contributed by atoms with Gasteiger partial charge in [-0.05, 0) is 36.4 Å². The van der Waals surface area contributed by atoms with E-state index in [0.29, 0.717) is 30.0 Å². The molecule has 0 atom stereocenters. The van der Waals surface area contributed by atoms with Crippen LogP contribution in [0.5, 0.6) is 11.5 Å². The lowest BCUT2D eigenvalue weighted by molar-refractivity contribution is 0.0953. The van der Waals surface area contributed by atoms with Crippen LogP contribution in [-0.2, 0) is 6.42 Å². The highest BCUT2D eigenvalue weighted by molar-refractivity contribution is 7.13. The smallest absolute Gasteiger partial charge is 0.251 e. The van der Waals surface area contributed by atoms with Crippen LogP contribution in [0.2, 0.25) is 0 Å². The molecule has 0 spiro atoms. The summed E-state index contributed by atoms with van der Waals surface area (Å²) in [4.78, 5) is 16.9. The number of aromatic nitrogens is 1. The van der Waals surface area contributed by atoms with Gasteiger partial charge in [-0.1, -0.05) is 0 Å². The fourth-order valence-electron chi connectivity index (χ4n) is 2.49. The number of nitrogens with one attached hydrogen (secondary N) is 1. The van der Waals surface area contributed by atoms with Crippen LogP contribution in [0.1, 0.15) is 16.1 Å². The van der Waals surface area contributed by atoms with Gasteiger partial charge in [-0.2, -0.15) is 0 Å². The Morgan fingerprint density at radius 3 is 2.41 bits per heavy atom. The Morgan fingerprint density at radius 1 is 1.11 bits per heavy atom. The topological polar surface area (TPSA) is 60.5 Å². The molecule has 3 rings (SSSR count). The summed E-state index contributed by atoms with van der Waals surface area (Å²) >= 11 is 1.49. The van der Waals surface area contributed by atoms with Crippen molar-refractivity contribution in [3.05, 3.63) is 64.9 Å². The summed E-state index contributed by atoms with van der Waals surface area (Å²) in [5.74, 6) is 0.638. The summed E-state index contributed by atoms with van der Waals surface area (Å²) in [5.41, 5.74) is 2.22. The van der Waals surface area contributed by atoms with Gasteiger partial charge in [-0.15, -0.1) is 11.3 Å². The molecule has 0 saturated heterocycles. The molecule has 0 saturated carbocycles. The predicted molar refractivity (Wildman–Crippen MR) is 103 cm³/mol. The molecule has 27 heavy (non-hydrogen) atoms. The Balaban J connectivity index is 1.58. The lowest BCUT2D eigenvalue weighted by Crippen LogP contribution is -2.25. The third-order valence-corrected chi connectivity index (χ3v) is 4.86. The second-order valence-electron chi connectivity index (χ2n) is 5.76. The molecule has 1 N–H and O–H groups in total. The Bertz CT molecular complexity index is 903. The van der Waals surface area contributed by atoms with E-state index in [2.05, 4.69) is 10.3 Å². The first-order chi connectivity index (χ1) is 13.1. The molecule has 140 valence electrons. The van der Waals surface area contributed by atoms with Gasteiger partial charge in [0.05, 0.1) is 19.9 Å². The SMILES string of the molecule is COc1cc(OC)cc(C(=O)NCCc2csc(-c3ccc(F)cc3)n2)c1. The van der Waals surface area contributed by atoms with E-state index in [9.17, 15) is 9.18 Å². The normalized spacial score (nSPS) is 10.5. The summed E-state index contributed by atoms with van der Waals surface area (Å²) in [6.07, 6.45) is 0.602. The minimum atomic E-state index is -0.271. The molecule has 3 aromatic rings. The second kappa shape index (κ2) is 8.64. The fourth-order valence-corrected chi connectivity index (χ4v) is 3.35. The Morgan fingerprint density at radius 2 is 1.78 bits per heavy atom. The van der Waals surface area contributed by atoms with E-state index in [1.54, 1.807) is 30.3 Å². The quantitative estimate of drug-likeness (QED) is 0.668. The van der Waals surface area contributed by atoms with Crippen molar-refractivity contribution >= 4 is 17.2 Å². The molecule has 0 aliphatic rings. The second-order valence-corrected chi connectivity index (χ2v) is 6.62. The van der Waals surface area contributed by atoms with Crippen LogP contribution in [0.25, 0.3) is 10.6 Å². The van der Waals surface area contributed by atoms with Gasteiger partial charge in [0, 0.05) is 35.5 Å². The molecule has 1 heterocycles. The van der Waals surface area contributed by atoms with Crippen molar-refractivity contribution in [2.75, 3.05) is 20.8 Å². The molecule has 7 heteroatoms. The number of carbonyl (C=O) groups excluding carboxylic acids is 1.